The molecular formula is C10H20O. The van der Waals surface area contributed by atoms with E-state index in [1.807, 2.05) is 13.8 Å². The Labute approximate surface area is 70.2 Å². The first-order chi connectivity index (χ1) is 4.83. The minimum absolute atomic E-state index is 0.206. The van der Waals surface area contributed by atoms with Crippen LogP contribution in [-0.4, -0.2) is 5.78 Å². The molecule has 0 saturated heterocycles. The van der Waals surface area contributed by atoms with Crippen molar-refractivity contribution in [3.63, 3.8) is 0 Å². The van der Waals surface area contributed by atoms with Gasteiger partial charge in [0, 0.05) is 12.3 Å². The zero-order valence-electron chi connectivity index (χ0n) is 8.40. The molecule has 0 bridgehead atoms. The van der Waals surface area contributed by atoms with Crippen LogP contribution in [0, 0.1) is 11.3 Å². The van der Waals surface area contributed by atoms with Crippen molar-refractivity contribution < 1.29 is 4.79 Å². The molecule has 0 aliphatic rings. The average Bonchev–Trinajstić information content (AvgIpc) is 1.80. The van der Waals surface area contributed by atoms with E-state index in [1.54, 1.807) is 0 Å². The second-order valence-corrected chi connectivity index (χ2v) is 4.68. The Bertz CT molecular complexity index is 128. The molecule has 1 heteroatoms. The molecule has 0 amide bonds. The maximum atomic E-state index is 11.2. The third-order valence-corrected chi connectivity index (χ3v) is 1.77. The summed E-state index contributed by atoms with van der Waals surface area (Å²) in [5.74, 6) is 0.595. The molecule has 0 rings (SSSR count). The number of hydrogen-bond acceptors (Lipinski definition) is 1. The second kappa shape index (κ2) is 3.89. The predicted octanol–water partition coefficient (Wildman–Crippen LogP) is 3.04. The van der Waals surface area contributed by atoms with Gasteiger partial charge in [0.15, 0.2) is 0 Å². The Balaban J connectivity index is 3.64. The quantitative estimate of drug-likeness (QED) is 0.614. The molecule has 0 atom stereocenters. The average molecular weight is 156 g/mol. The molecule has 0 N–H and O–H groups in total. The van der Waals surface area contributed by atoms with Crippen LogP contribution < -0.4 is 0 Å². The summed E-state index contributed by atoms with van der Waals surface area (Å²) in [6.45, 7) is 10.4. The second-order valence-electron chi connectivity index (χ2n) is 4.68. The highest BCUT2D eigenvalue weighted by Crippen LogP contribution is 2.21. The molecule has 0 radical (unpaired) electrons. The molecular weight excluding hydrogens is 136 g/mol. The summed E-state index contributed by atoms with van der Waals surface area (Å²) in [7, 11) is 0. The molecule has 0 heterocycles. The van der Waals surface area contributed by atoms with Crippen LogP contribution >= 0.6 is 0 Å². The van der Waals surface area contributed by atoms with Crippen molar-refractivity contribution in [2.75, 3.05) is 0 Å². The molecule has 0 aliphatic carbocycles. The minimum atomic E-state index is 0.206. The third-order valence-electron chi connectivity index (χ3n) is 1.77. The van der Waals surface area contributed by atoms with E-state index in [-0.39, 0.29) is 5.92 Å². The van der Waals surface area contributed by atoms with Gasteiger partial charge < -0.3 is 0 Å². The minimum Gasteiger partial charge on any atom is -0.299 e. The predicted molar refractivity (Wildman–Crippen MR) is 48.5 cm³/mol. The van der Waals surface area contributed by atoms with E-state index in [4.69, 9.17) is 0 Å². The lowest BCUT2D eigenvalue weighted by atomic mass is 9.88. The smallest absolute Gasteiger partial charge is 0.135 e. The summed E-state index contributed by atoms with van der Waals surface area (Å²) in [5, 5.41) is 0. The van der Waals surface area contributed by atoms with E-state index in [9.17, 15) is 4.79 Å². The number of hydrogen-bond donors (Lipinski definition) is 0. The lowest BCUT2D eigenvalue weighted by Gasteiger charge is -2.17. The van der Waals surface area contributed by atoms with E-state index in [0.29, 0.717) is 11.2 Å². The molecule has 1 nitrogen and oxygen atoms in total. The van der Waals surface area contributed by atoms with Crippen molar-refractivity contribution in [1.29, 1.82) is 0 Å². The van der Waals surface area contributed by atoms with Crippen LogP contribution in [0.2, 0.25) is 0 Å². The summed E-state index contributed by atoms with van der Waals surface area (Å²) in [4.78, 5) is 11.2. The number of carbonyl (C=O) groups excluding carboxylic acids is 1. The Morgan fingerprint density at radius 2 is 1.73 bits per heavy atom. The third kappa shape index (κ3) is 6.08. The molecule has 0 aromatic rings. The SMILES string of the molecule is CC(C)C(=O)CCC(C)(C)C. The zero-order valence-corrected chi connectivity index (χ0v) is 8.40. The van der Waals surface area contributed by atoms with Gasteiger partial charge in [-0.15, -0.1) is 0 Å². The van der Waals surface area contributed by atoms with Crippen molar-refractivity contribution in [2.45, 2.75) is 47.5 Å². The first kappa shape index (κ1) is 10.7. The fourth-order valence-corrected chi connectivity index (χ4v) is 0.787. The van der Waals surface area contributed by atoms with E-state index in [0.717, 1.165) is 12.8 Å². The van der Waals surface area contributed by atoms with Gasteiger partial charge in [-0.3, -0.25) is 4.79 Å². The van der Waals surface area contributed by atoms with E-state index in [1.165, 1.54) is 0 Å². The van der Waals surface area contributed by atoms with E-state index < -0.39 is 0 Å². The van der Waals surface area contributed by atoms with Crippen LogP contribution in [0.4, 0.5) is 0 Å². The molecule has 0 aromatic heterocycles. The Hall–Kier alpha value is -0.330. The first-order valence-corrected chi connectivity index (χ1v) is 4.35. The van der Waals surface area contributed by atoms with Gasteiger partial charge in [0.2, 0.25) is 0 Å². The van der Waals surface area contributed by atoms with Crippen molar-refractivity contribution in [2.24, 2.45) is 11.3 Å². The van der Waals surface area contributed by atoms with Gasteiger partial charge in [-0.25, -0.2) is 0 Å². The molecule has 0 fully saturated rings. The Morgan fingerprint density at radius 1 is 1.27 bits per heavy atom. The molecule has 0 unspecified atom stereocenters. The van der Waals surface area contributed by atoms with Crippen molar-refractivity contribution in [1.82, 2.24) is 0 Å². The summed E-state index contributed by atoms with van der Waals surface area (Å²) in [5.41, 5.74) is 0.296. The number of Topliss-reactive ketones (excluding diaryl/α,β-unsaturated/α-hetero) is 1. The van der Waals surface area contributed by atoms with Gasteiger partial charge in [0.1, 0.15) is 5.78 Å². The summed E-state index contributed by atoms with van der Waals surface area (Å²) < 4.78 is 0. The van der Waals surface area contributed by atoms with E-state index >= 15 is 0 Å². The Kier molecular flexibility index (Phi) is 3.77. The van der Waals surface area contributed by atoms with Gasteiger partial charge in [0.25, 0.3) is 0 Å². The fourth-order valence-electron chi connectivity index (χ4n) is 0.787. The summed E-state index contributed by atoms with van der Waals surface area (Å²) in [6, 6.07) is 0. The monoisotopic (exact) mass is 156 g/mol. The van der Waals surface area contributed by atoms with Gasteiger partial charge in [-0.2, -0.15) is 0 Å². The molecule has 0 spiro atoms. The first-order valence-electron chi connectivity index (χ1n) is 4.35. The normalized spacial score (nSPS) is 12.2. The molecule has 11 heavy (non-hydrogen) atoms. The van der Waals surface area contributed by atoms with E-state index in [2.05, 4.69) is 20.8 Å². The van der Waals surface area contributed by atoms with Crippen molar-refractivity contribution in [3.8, 4) is 0 Å². The lowest BCUT2D eigenvalue weighted by molar-refractivity contribution is -0.122. The molecule has 0 saturated carbocycles. The van der Waals surface area contributed by atoms with Crippen LogP contribution in [0.5, 0.6) is 0 Å². The zero-order chi connectivity index (χ0) is 9.07. The largest absolute Gasteiger partial charge is 0.299 e. The highest BCUT2D eigenvalue weighted by atomic mass is 16.1. The summed E-state index contributed by atoms with van der Waals surface area (Å²) in [6.07, 6.45) is 1.74. The highest BCUT2D eigenvalue weighted by Gasteiger charge is 2.14. The van der Waals surface area contributed by atoms with Crippen LogP contribution in [-0.2, 0) is 4.79 Å². The van der Waals surface area contributed by atoms with Crippen molar-refractivity contribution >= 4 is 5.78 Å². The number of ketones is 1. The summed E-state index contributed by atoms with van der Waals surface area (Å²) >= 11 is 0. The maximum Gasteiger partial charge on any atom is 0.135 e. The van der Waals surface area contributed by atoms with Crippen LogP contribution in [0.15, 0.2) is 0 Å². The Morgan fingerprint density at radius 3 is 2.00 bits per heavy atom. The highest BCUT2D eigenvalue weighted by molar-refractivity contribution is 5.80. The lowest BCUT2D eigenvalue weighted by Crippen LogP contribution is -2.12. The topological polar surface area (TPSA) is 17.1 Å². The number of rotatable bonds is 3. The van der Waals surface area contributed by atoms with Gasteiger partial charge in [0.05, 0.1) is 0 Å². The van der Waals surface area contributed by atoms with Crippen LogP contribution in [0.25, 0.3) is 0 Å². The van der Waals surface area contributed by atoms with Gasteiger partial charge >= 0.3 is 0 Å². The molecule has 0 aromatic carbocycles. The number of carbonyl (C=O) groups is 1. The standard InChI is InChI=1S/C10H20O/c1-8(2)9(11)6-7-10(3,4)5/h8H,6-7H2,1-5H3. The van der Waals surface area contributed by atoms with Gasteiger partial charge in [-0.1, -0.05) is 34.6 Å². The van der Waals surface area contributed by atoms with Crippen LogP contribution in [0.1, 0.15) is 47.5 Å². The molecule has 66 valence electrons. The fraction of sp³-hybridized carbons (Fsp3) is 0.900. The van der Waals surface area contributed by atoms with Crippen LogP contribution in [0.3, 0.4) is 0 Å². The maximum absolute atomic E-state index is 11.2. The van der Waals surface area contributed by atoms with Gasteiger partial charge in [-0.05, 0) is 11.8 Å². The molecule has 0 aliphatic heterocycles. The van der Waals surface area contributed by atoms with Crippen molar-refractivity contribution in [3.05, 3.63) is 0 Å².